The zero-order valence-corrected chi connectivity index (χ0v) is 9.99. The molecule has 4 heteroatoms. The molecule has 0 saturated carbocycles. The van der Waals surface area contributed by atoms with Crippen molar-refractivity contribution < 1.29 is 4.79 Å². The van der Waals surface area contributed by atoms with Crippen LogP contribution in [0.25, 0.3) is 0 Å². The highest BCUT2D eigenvalue weighted by molar-refractivity contribution is 5.82. The largest absolute Gasteiger partial charge is 0.351 e. The molecule has 1 saturated heterocycles. The van der Waals surface area contributed by atoms with E-state index in [0.29, 0.717) is 0 Å². The summed E-state index contributed by atoms with van der Waals surface area (Å²) in [5, 5.41) is 3.02. The molecule has 1 heterocycles. The van der Waals surface area contributed by atoms with Crippen LogP contribution in [-0.4, -0.2) is 43.0 Å². The Kier molecular flexibility index (Phi) is 4.54. The quantitative estimate of drug-likeness (QED) is 0.700. The Morgan fingerprint density at radius 3 is 2.80 bits per heavy atom. The van der Waals surface area contributed by atoms with Crippen LogP contribution in [0.5, 0.6) is 0 Å². The summed E-state index contributed by atoms with van der Waals surface area (Å²) in [7, 11) is 2.07. The predicted octanol–water partition coefficient (Wildman–Crippen LogP) is 0.180. The highest BCUT2D eigenvalue weighted by Crippen LogP contribution is 2.09. The van der Waals surface area contributed by atoms with Crippen molar-refractivity contribution >= 4 is 5.91 Å². The van der Waals surface area contributed by atoms with Crippen LogP contribution >= 0.6 is 0 Å². The van der Waals surface area contributed by atoms with Crippen LogP contribution in [0.4, 0.5) is 0 Å². The molecule has 3 atom stereocenters. The van der Waals surface area contributed by atoms with Crippen LogP contribution in [0.15, 0.2) is 0 Å². The molecule has 15 heavy (non-hydrogen) atoms. The maximum Gasteiger partial charge on any atom is 0.237 e. The van der Waals surface area contributed by atoms with E-state index in [1.165, 1.54) is 0 Å². The Morgan fingerprint density at radius 2 is 2.33 bits per heavy atom. The molecular formula is C11H23N3O. The number of likely N-dealkylation sites (tertiary alicyclic amines) is 1. The minimum absolute atomic E-state index is 0.00431. The van der Waals surface area contributed by atoms with Crippen molar-refractivity contribution in [1.82, 2.24) is 10.2 Å². The highest BCUT2D eigenvalue weighted by atomic mass is 16.2. The van der Waals surface area contributed by atoms with Gasteiger partial charge in [-0.1, -0.05) is 20.3 Å². The Morgan fingerprint density at radius 1 is 1.67 bits per heavy atom. The van der Waals surface area contributed by atoms with Gasteiger partial charge in [-0.2, -0.15) is 0 Å². The van der Waals surface area contributed by atoms with Gasteiger partial charge in [-0.3, -0.25) is 4.79 Å². The number of rotatable bonds is 4. The fourth-order valence-corrected chi connectivity index (χ4v) is 1.86. The molecule has 88 valence electrons. The number of hydrogen-bond acceptors (Lipinski definition) is 3. The van der Waals surface area contributed by atoms with Gasteiger partial charge in [0, 0.05) is 12.6 Å². The summed E-state index contributed by atoms with van der Waals surface area (Å²) in [6.45, 7) is 6.08. The van der Waals surface area contributed by atoms with Gasteiger partial charge in [-0.05, 0) is 25.9 Å². The number of carbonyl (C=O) groups excluding carboxylic acids is 1. The van der Waals surface area contributed by atoms with Crippen molar-refractivity contribution in [3.8, 4) is 0 Å². The molecule has 3 N–H and O–H groups in total. The number of nitrogens with two attached hydrogens (primary N) is 1. The molecule has 0 aromatic rings. The molecule has 0 aliphatic carbocycles. The van der Waals surface area contributed by atoms with Crippen molar-refractivity contribution in [2.24, 2.45) is 11.7 Å². The molecule has 3 unspecified atom stereocenters. The van der Waals surface area contributed by atoms with Crippen LogP contribution in [0, 0.1) is 5.92 Å². The zero-order valence-electron chi connectivity index (χ0n) is 9.99. The molecular weight excluding hydrogens is 190 g/mol. The molecule has 0 spiro atoms. The van der Waals surface area contributed by atoms with Crippen LogP contribution in [0.1, 0.15) is 26.7 Å². The smallest absolute Gasteiger partial charge is 0.237 e. The topological polar surface area (TPSA) is 58.4 Å². The third kappa shape index (κ3) is 3.47. The number of carbonyl (C=O) groups is 1. The van der Waals surface area contributed by atoms with Gasteiger partial charge in [0.15, 0.2) is 0 Å². The van der Waals surface area contributed by atoms with Gasteiger partial charge in [-0.15, -0.1) is 0 Å². The lowest BCUT2D eigenvalue weighted by molar-refractivity contribution is -0.124. The number of nitrogens with one attached hydrogen (secondary N) is 1. The average Bonchev–Trinajstić information content (AvgIpc) is 2.61. The van der Waals surface area contributed by atoms with E-state index in [0.717, 1.165) is 25.9 Å². The molecule has 0 aromatic carbocycles. The van der Waals surface area contributed by atoms with E-state index in [4.69, 9.17) is 5.73 Å². The number of nitrogens with zero attached hydrogens (tertiary/aromatic N) is 1. The van der Waals surface area contributed by atoms with E-state index in [1.54, 1.807) is 0 Å². The van der Waals surface area contributed by atoms with E-state index < -0.39 is 0 Å². The van der Waals surface area contributed by atoms with Gasteiger partial charge in [0.1, 0.15) is 0 Å². The first-order chi connectivity index (χ1) is 7.04. The lowest BCUT2D eigenvalue weighted by atomic mass is 9.99. The summed E-state index contributed by atoms with van der Waals surface area (Å²) in [6, 6.07) is -0.0708. The molecule has 4 nitrogen and oxygen atoms in total. The Bertz CT molecular complexity index is 220. The third-order valence-corrected chi connectivity index (χ3v) is 3.30. The number of hydrogen-bond donors (Lipinski definition) is 2. The van der Waals surface area contributed by atoms with Gasteiger partial charge in [0.2, 0.25) is 5.91 Å². The van der Waals surface area contributed by atoms with Gasteiger partial charge < -0.3 is 16.0 Å². The minimum Gasteiger partial charge on any atom is -0.351 e. The molecule has 1 rings (SSSR count). The fraction of sp³-hybridized carbons (Fsp3) is 0.909. The first-order valence-electron chi connectivity index (χ1n) is 5.79. The summed E-state index contributed by atoms with van der Waals surface area (Å²) in [4.78, 5) is 14.0. The SMILES string of the molecule is CCC(C)C(N)C(=O)NC1CCN(C)C1. The predicted molar refractivity (Wildman–Crippen MR) is 61.5 cm³/mol. The highest BCUT2D eigenvalue weighted by Gasteiger charge is 2.25. The van der Waals surface area contributed by atoms with Crippen LogP contribution in [0.3, 0.4) is 0 Å². The van der Waals surface area contributed by atoms with Crippen LogP contribution < -0.4 is 11.1 Å². The van der Waals surface area contributed by atoms with E-state index in [-0.39, 0.29) is 23.9 Å². The van der Waals surface area contributed by atoms with Crippen molar-refractivity contribution in [2.45, 2.75) is 38.8 Å². The Balaban J connectivity index is 2.35. The first-order valence-corrected chi connectivity index (χ1v) is 5.79. The second-order valence-corrected chi connectivity index (χ2v) is 4.67. The van der Waals surface area contributed by atoms with Gasteiger partial charge in [-0.25, -0.2) is 0 Å². The number of likely N-dealkylation sites (N-methyl/N-ethyl adjacent to an activating group) is 1. The molecule has 1 aliphatic heterocycles. The summed E-state index contributed by atoms with van der Waals surface area (Å²) in [6.07, 6.45) is 1.98. The summed E-state index contributed by atoms with van der Waals surface area (Å²) < 4.78 is 0. The zero-order chi connectivity index (χ0) is 11.4. The van der Waals surface area contributed by atoms with E-state index in [9.17, 15) is 4.79 Å². The van der Waals surface area contributed by atoms with E-state index >= 15 is 0 Å². The molecule has 1 amide bonds. The van der Waals surface area contributed by atoms with Gasteiger partial charge >= 0.3 is 0 Å². The molecule has 0 aromatic heterocycles. The maximum atomic E-state index is 11.8. The second kappa shape index (κ2) is 5.47. The minimum atomic E-state index is -0.360. The fourth-order valence-electron chi connectivity index (χ4n) is 1.86. The van der Waals surface area contributed by atoms with Crippen molar-refractivity contribution in [2.75, 3.05) is 20.1 Å². The van der Waals surface area contributed by atoms with Crippen LogP contribution in [-0.2, 0) is 4.79 Å². The third-order valence-electron chi connectivity index (χ3n) is 3.30. The van der Waals surface area contributed by atoms with Gasteiger partial charge in [0.05, 0.1) is 6.04 Å². The molecule has 0 bridgehead atoms. The molecule has 0 radical (unpaired) electrons. The monoisotopic (exact) mass is 213 g/mol. The molecule has 1 fully saturated rings. The Labute approximate surface area is 92.2 Å². The maximum absolute atomic E-state index is 11.8. The van der Waals surface area contributed by atoms with Gasteiger partial charge in [0.25, 0.3) is 0 Å². The second-order valence-electron chi connectivity index (χ2n) is 4.67. The average molecular weight is 213 g/mol. The van der Waals surface area contributed by atoms with Crippen molar-refractivity contribution in [3.05, 3.63) is 0 Å². The normalized spacial score (nSPS) is 26.3. The van der Waals surface area contributed by atoms with Crippen molar-refractivity contribution in [3.63, 3.8) is 0 Å². The lowest BCUT2D eigenvalue weighted by Gasteiger charge is -2.20. The summed E-state index contributed by atoms with van der Waals surface area (Å²) in [5.74, 6) is 0.258. The van der Waals surface area contributed by atoms with E-state index in [1.807, 2.05) is 6.92 Å². The summed E-state index contributed by atoms with van der Waals surface area (Å²) >= 11 is 0. The standard InChI is InChI=1S/C11H23N3O/c1-4-8(2)10(12)11(15)13-9-5-6-14(3)7-9/h8-10H,4-7,12H2,1-3H3,(H,13,15). The van der Waals surface area contributed by atoms with Crippen molar-refractivity contribution in [1.29, 1.82) is 0 Å². The Hall–Kier alpha value is -0.610. The summed E-state index contributed by atoms with van der Waals surface area (Å²) in [5.41, 5.74) is 5.86. The number of amides is 1. The molecule has 1 aliphatic rings. The first kappa shape index (κ1) is 12.5. The van der Waals surface area contributed by atoms with E-state index in [2.05, 4.69) is 24.2 Å². The van der Waals surface area contributed by atoms with Crippen LogP contribution in [0.2, 0.25) is 0 Å². The lowest BCUT2D eigenvalue weighted by Crippen LogP contribution is -2.48.